The summed E-state index contributed by atoms with van der Waals surface area (Å²) in [4.78, 5) is 4.95. The number of likely N-dealkylation sites (tertiary alicyclic amines) is 1. The predicted molar refractivity (Wildman–Crippen MR) is 108 cm³/mol. The third-order valence-electron chi connectivity index (χ3n) is 5.47. The summed E-state index contributed by atoms with van der Waals surface area (Å²) in [6.07, 6.45) is 15.2. The second-order valence-corrected chi connectivity index (χ2v) is 7.10. The van der Waals surface area contributed by atoms with Gasteiger partial charge in [0.15, 0.2) is 0 Å². The van der Waals surface area contributed by atoms with E-state index < -0.39 is 0 Å². The summed E-state index contributed by atoms with van der Waals surface area (Å²) in [5.41, 5.74) is 3.40. The third-order valence-corrected chi connectivity index (χ3v) is 5.47. The molecule has 1 spiro atoms. The van der Waals surface area contributed by atoms with Crippen molar-refractivity contribution in [2.24, 2.45) is 5.41 Å². The van der Waals surface area contributed by atoms with Gasteiger partial charge in [0.05, 0.1) is 0 Å². The van der Waals surface area contributed by atoms with E-state index >= 15 is 0 Å². The topological polar surface area (TPSA) is 30.5 Å². The summed E-state index contributed by atoms with van der Waals surface area (Å²) in [7, 11) is 1.99. The molecule has 0 bridgehead atoms. The molecule has 0 aromatic heterocycles. The zero-order valence-corrected chi connectivity index (χ0v) is 16.4. The van der Waals surface area contributed by atoms with Crippen molar-refractivity contribution in [3.63, 3.8) is 0 Å². The van der Waals surface area contributed by atoms with E-state index in [9.17, 15) is 0 Å². The Labute approximate surface area is 154 Å². The van der Waals surface area contributed by atoms with E-state index in [0.29, 0.717) is 11.6 Å². The predicted octanol–water partition coefficient (Wildman–Crippen LogP) is 3.44. The Bertz CT molecular complexity index is 516. The number of rotatable bonds is 4. The highest BCUT2D eigenvalue weighted by atomic mass is 15.3. The molecule has 1 saturated carbocycles. The number of hydrogen-bond acceptors (Lipinski definition) is 4. The Balaban J connectivity index is 0.000000528. The monoisotopic (exact) mass is 344 g/mol. The smallest absolute Gasteiger partial charge is 0.122 e. The van der Waals surface area contributed by atoms with Crippen molar-refractivity contribution in [3.8, 4) is 0 Å². The van der Waals surface area contributed by atoms with Crippen molar-refractivity contribution in [1.82, 2.24) is 20.4 Å². The van der Waals surface area contributed by atoms with E-state index in [2.05, 4.69) is 58.1 Å². The molecule has 1 aliphatic carbocycles. The Morgan fingerprint density at radius 3 is 2.60 bits per heavy atom. The lowest BCUT2D eigenvalue weighted by Crippen LogP contribution is -2.36. The van der Waals surface area contributed by atoms with Crippen LogP contribution in [0.5, 0.6) is 0 Å². The van der Waals surface area contributed by atoms with Gasteiger partial charge in [-0.15, -0.1) is 13.2 Å². The van der Waals surface area contributed by atoms with Gasteiger partial charge in [-0.1, -0.05) is 26.3 Å². The first-order valence-corrected chi connectivity index (χ1v) is 9.77. The van der Waals surface area contributed by atoms with Gasteiger partial charge in [-0.3, -0.25) is 4.90 Å². The van der Waals surface area contributed by atoms with Gasteiger partial charge in [0.1, 0.15) is 6.17 Å². The largest absolute Gasteiger partial charge is 0.363 e. The zero-order valence-electron chi connectivity index (χ0n) is 16.4. The second-order valence-electron chi connectivity index (χ2n) is 7.10. The van der Waals surface area contributed by atoms with Crippen LogP contribution in [0.25, 0.3) is 0 Å². The fourth-order valence-electron chi connectivity index (χ4n) is 4.16. The summed E-state index contributed by atoms with van der Waals surface area (Å²) in [5.74, 6) is 0. The van der Waals surface area contributed by atoms with Gasteiger partial charge in [0.2, 0.25) is 0 Å². The van der Waals surface area contributed by atoms with Crippen LogP contribution < -0.4 is 10.6 Å². The molecule has 140 valence electrons. The minimum absolute atomic E-state index is 0.314. The van der Waals surface area contributed by atoms with Crippen LogP contribution in [0.2, 0.25) is 0 Å². The van der Waals surface area contributed by atoms with Crippen molar-refractivity contribution >= 4 is 0 Å². The van der Waals surface area contributed by atoms with E-state index in [1.54, 1.807) is 0 Å². The molecule has 2 fully saturated rings. The van der Waals surface area contributed by atoms with E-state index in [-0.39, 0.29) is 0 Å². The highest BCUT2D eigenvalue weighted by Crippen LogP contribution is 2.48. The van der Waals surface area contributed by atoms with Gasteiger partial charge >= 0.3 is 0 Å². The lowest BCUT2D eigenvalue weighted by molar-refractivity contribution is 0.142. The Kier molecular flexibility index (Phi) is 7.33. The van der Waals surface area contributed by atoms with Crippen molar-refractivity contribution < 1.29 is 0 Å². The summed E-state index contributed by atoms with van der Waals surface area (Å²) in [6, 6.07) is 0. The van der Waals surface area contributed by atoms with Crippen molar-refractivity contribution in [2.45, 2.75) is 45.7 Å². The SMILES string of the molecule is C=C.CC.CNCC1=CN2C=C(CN3CCC4(CCC4)C3)C=CC2N1. The van der Waals surface area contributed by atoms with Crippen LogP contribution in [0.15, 0.2) is 49.0 Å². The van der Waals surface area contributed by atoms with Crippen LogP contribution in [-0.2, 0) is 0 Å². The molecule has 1 saturated heterocycles. The maximum Gasteiger partial charge on any atom is 0.122 e. The van der Waals surface area contributed by atoms with E-state index in [4.69, 9.17) is 0 Å². The van der Waals surface area contributed by atoms with E-state index in [1.807, 2.05) is 20.9 Å². The van der Waals surface area contributed by atoms with Gasteiger partial charge in [0, 0.05) is 37.7 Å². The summed E-state index contributed by atoms with van der Waals surface area (Å²) < 4.78 is 0. The van der Waals surface area contributed by atoms with Crippen molar-refractivity contribution in [1.29, 1.82) is 0 Å². The molecule has 4 heteroatoms. The third kappa shape index (κ3) is 4.56. The quantitative estimate of drug-likeness (QED) is 0.765. The van der Waals surface area contributed by atoms with Gasteiger partial charge in [-0.05, 0) is 49.9 Å². The van der Waals surface area contributed by atoms with Crippen molar-refractivity contribution in [3.05, 3.63) is 49.0 Å². The Morgan fingerprint density at radius 1 is 1.24 bits per heavy atom. The average Bonchev–Trinajstić information content (AvgIpc) is 3.22. The molecule has 1 atom stereocenters. The number of nitrogens with zero attached hydrogens (tertiary/aromatic N) is 2. The number of fused-ring (bicyclic) bond motifs is 1. The number of likely N-dealkylation sites (N-methyl/N-ethyl adjacent to an activating group) is 1. The molecule has 0 amide bonds. The normalized spacial score (nSPS) is 25.6. The molecule has 0 aromatic carbocycles. The second kappa shape index (κ2) is 9.25. The lowest BCUT2D eigenvalue weighted by Gasteiger charge is -2.38. The fourth-order valence-corrected chi connectivity index (χ4v) is 4.16. The molecular formula is C21H36N4. The van der Waals surface area contributed by atoms with Crippen LogP contribution >= 0.6 is 0 Å². The summed E-state index contributed by atoms with van der Waals surface area (Å²) >= 11 is 0. The maximum absolute atomic E-state index is 3.52. The molecule has 4 nitrogen and oxygen atoms in total. The van der Waals surface area contributed by atoms with Crippen LogP contribution in [-0.4, -0.2) is 49.2 Å². The van der Waals surface area contributed by atoms with Crippen LogP contribution in [0.4, 0.5) is 0 Å². The first-order valence-electron chi connectivity index (χ1n) is 9.77. The van der Waals surface area contributed by atoms with E-state index in [1.165, 1.54) is 50.0 Å². The molecule has 4 aliphatic rings. The molecule has 25 heavy (non-hydrogen) atoms. The first kappa shape index (κ1) is 19.8. The molecule has 0 aromatic rings. The molecule has 4 rings (SSSR count). The Hall–Kier alpha value is -1.52. The van der Waals surface area contributed by atoms with Crippen molar-refractivity contribution in [2.75, 3.05) is 33.2 Å². The minimum Gasteiger partial charge on any atom is -0.363 e. The summed E-state index contributed by atoms with van der Waals surface area (Å²) in [5, 5.41) is 6.72. The molecular weight excluding hydrogens is 308 g/mol. The van der Waals surface area contributed by atoms with Gasteiger partial charge in [0.25, 0.3) is 0 Å². The molecule has 3 aliphatic heterocycles. The van der Waals surface area contributed by atoms with E-state index in [0.717, 1.165) is 13.1 Å². The first-order chi connectivity index (χ1) is 12.3. The fraction of sp³-hybridized carbons (Fsp3) is 0.619. The highest BCUT2D eigenvalue weighted by molar-refractivity contribution is 5.31. The standard InChI is InChI=1S/C17H26N4.C2H6.C2H4/c1-18-9-15-12-21-11-14(3-4-16(21)19-15)10-20-8-7-17(13-20)5-2-6-17;2*1-2/h3-4,11-12,16,18-19H,2,5-10,13H2,1H3;1-2H3;1-2H2. The van der Waals surface area contributed by atoms with Gasteiger partial charge in [-0.2, -0.15) is 0 Å². The lowest BCUT2D eigenvalue weighted by atomic mass is 9.68. The van der Waals surface area contributed by atoms with Gasteiger partial charge in [-0.25, -0.2) is 0 Å². The molecule has 0 radical (unpaired) electrons. The molecule has 3 heterocycles. The van der Waals surface area contributed by atoms with Crippen LogP contribution in [0, 0.1) is 5.41 Å². The number of hydrogen-bond donors (Lipinski definition) is 2. The van der Waals surface area contributed by atoms with Crippen LogP contribution in [0.1, 0.15) is 39.5 Å². The van der Waals surface area contributed by atoms with Gasteiger partial charge < -0.3 is 15.5 Å². The average molecular weight is 345 g/mol. The maximum atomic E-state index is 3.52. The zero-order chi connectivity index (χ0) is 18.3. The number of nitrogens with one attached hydrogen (secondary N) is 2. The highest BCUT2D eigenvalue weighted by Gasteiger charge is 2.42. The minimum atomic E-state index is 0.314. The summed E-state index contributed by atoms with van der Waals surface area (Å²) in [6.45, 7) is 14.6. The molecule has 2 N–H and O–H groups in total. The Morgan fingerprint density at radius 2 is 2.00 bits per heavy atom. The van der Waals surface area contributed by atoms with Crippen LogP contribution in [0.3, 0.4) is 0 Å². The molecule has 1 unspecified atom stereocenters.